The molecule has 2 nitrogen and oxygen atoms in total. The Bertz CT molecular complexity index is 322. The summed E-state index contributed by atoms with van der Waals surface area (Å²) in [5.41, 5.74) is 0.811. The Hall–Kier alpha value is -1.75. The standard InChI is InChI=1S/C9H6O2.2C2H6/c1-2-7-3-4-9(11)8(5-7)6-10;2*1-2/h1,3-6,11H;2*1-2H3. The molecule has 0 aliphatic carbocycles. The van der Waals surface area contributed by atoms with Gasteiger partial charge in [0.1, 0.15) is 5.75 Å². The van der Waals surface area contributed by atoms with Gasteiger partial charge in [0.25, 0.3) is 0 Å². The maximum absolute atomic E-state index is 10.3. The van der Waals surface area contributed by atoms with Crippen molar-refractivity contribution >= 4 is 6.29 Å². The molecule has 2 heteroatoms. The van der Waals surface area contributed by atoms with E-state index in [-0.39, 0.29) is 11.3 Å². The minimum absolute atomic E-state index is 0.0426. The van der Waals surface area contributed by atoms with Gasteiger partial charge in [-0.3, -0.25) is 4.79 Å². The van der Waals surface area contributed by atoms with Gasteiger partial charge >= 0.3 is 0 Å². The van der Waals surface area contributed by atoms with Gasteiger partial charge in [-0.25, -0.2) is 0 Å². The normalized spacial score (nSPS) is 7.13. The first kappa shape index (κ1) is 15.7. The number of aromatic hydroxyl groups is 1. The highest BCUT2D eigenvalue weighted by molar-refractivity contribution is 5.79. The molecule has 1 N–H and O–H groups in total. The number of hydrogen-bond donors (Lipinski definition) is 1. The van der Waals surface area contributed by atoms with Gasteiger partial charge in [0.15, 0.2) is 6.29 Å². The summed E-state index contributed by atoms with van der Waals surface area (Å²) in [7, 11) is 0. The molecule has 0 atom stereocenters. The number of terminal acetylenes is 1. The summed E-state index contributed by atoms with van der Waals surface area (Å²) in [6.07, 6.45) is 5.64. The number of aldehydes is 1. The molecule has 0 saturated carbocycles. The maximum Gasteiger partial charge on any atom is 0.153 e. The van der Waals surface area contributed by atoms with Crippen molar-refractivity contribution in [1.82, 2.24) is 0 Å². The van der Waals surface area contributed by atoms with E-state index in [0.717, 1.165) is 0 Å². The molecule has 15 heavy (non-hydrogen) atoms. The van der Waals surface area contributed by atoms with Crippen LogP contribution < -0.4 is 0 Å². The van der Waals surface area contributed by atoms with E-state index in [9.17, 15) is 4.79 Å². The number of rotatable bonds is 1. The van der Waals surface area contributed by atoms with Crippen LogP contribution in [-0.2, 0) is 0 Å². The molecule has 1 rings (SSSR count). The fourth-order valence-corrected chi connectivity index (χ4v) is 0.739. The Morgan fingerprint density at radius 3 is 2.20 bits per heavy atom. The van der Waals surface area contributed by atoms with Gasteiger partial charge in [0, 0.05) is 5.56 Å². The summed E-state index contributed by atoms with van der Waals surface area (Å²) in [5, 5.41) is 9.03. The Kier molecular flexibility index (Phi) is 10.8. The van der Waals surface area contributed by atoms with E-state index in [2.05, 4.69) is 5.92 Å². The number of phenols is 1. The van der Waals surface area contributed by atoms with Gasteiger partial charge in [-0.15, -0.1) is 6.42 Å². The number of carbonyl (C=O) groups is 1. The summed E-state index contributed by atoms with van der Waals surface area (Å²) in [5.74, 6) is 2.32. The maximum atomic E-state index is 10.3. The topological polar surface area (TPSA) is 37.3 Å². The average molecular weight is 206 g/mol. The van der Waals surface area contributed by atoms with Gasteiger partial charge < -0.3 is 5.11 Å². The first-order valence-corrected chi connectivity index (χ1v) is 5.02. The van der Waals surface area contributed by atoms with E-state index in [1.807, 2.05) is 27.7 Å². The first-order valence-electron chi connectivity index (χ1n) is 5.02. The van der Waals surface area contributed by atoms with E-state index in [4.69, 9.17) is 11.5 Å². The van der Waals surface area contributed by atoms with Crippen LogP contribution >= 0.6 is 0 Å². The SMILES string of the molecule is C#Cc1ccc(O)c(C=O)c1.CC.CC. The molecule has 0 aliphatic heterocycles. The van der Waals surface area contributed by atoms with Gasteiger partial charge in [-0.2, -0.15) is 0 Å². The van der Waals surface area contributed by atoms with E-state index in [0.29, 0.717) is 11.8 Å². The van der Waals surface area contributed by atoms with Crippen LogP contribution in [0.5, 0.6) is 5.75 Å². The van der Waals surface area contributed by atoms with Crippen molar-refractivity contribution in [2.45, 2.75) is 27.7 Å². The van der Waals surface area contributed by atoms with E-state index in [1.54, 1.807) is 6.07 Å². The van der Waals surface area contributed by atoms with Crippen molar-refractivity contribution in [3.05, 3.63) is 29.3 Å². The van der Waals surface area contributed by atoms with Crippen LogP contribution in [0.4, 0.5) is 0 Å². The molecular weight excluding hydrogens is 188 g/mol. The molecule has 1 aromatic rings. The number of phenolic OH excluding ortho intramolecular Hbond substituents is 1. The lowest BCUT2D eigenvalue weighted by Crippen LogP contribution is -1.82. The van der Waals surface area contributed by atoms with Crippen molar-refractivity contribution in [2.24, 2.45) is 0 Å². The van der Waals surface area contributed by atoms with Gasteiger partial charge in [-0.05, 0) is 18.2 Å². The molecule has 0 bridgehead atoms. The second kappa shape index (κ2) is 10.3. The average Bonchev–Trinajstić information content (AvgIpc) is 2.35. The van der Waals surface area contributed by atoms with Crippen LogP contribution in [0, 0.1) is 12.3 Å². The number of hydrogen-bond acceptors (Lipinski definition) is 2. The molecule has 0 aromatic heterocycles. The van der Waals surface area contributed by atoms with E-state index in [1.165, 1.54) is 12.1 Å². The summed E-state index contributed by atoms with van der Waals surface area (Å²) in [4.78, 5) is 10.3. The molecule has 0 unspecified atom stereocenters. The summed E-state index contributed by atoms with van der Waals surface area (Å²) >= 11 is 0. The molecule has 82 valence electrons. The summed E-state index contributed by atoms with van der Waals surface area (Å²) < 4.78 is 0. The summed E-state index contributed by atoms with van der Waals surface area (Å²) in [6, 6.07) is 4.43. The monoisotopic (exact) mass is 206 g/mol. The van der Waals surface area contributed by atoms with Crippen LogP contribution in [-0.4, -0.2) is 11.4 Å². The molecule has 0 radical (unpaired) electrons. The minimum Gasteiger partial charge on any atom is -0.507 e. The van der Waals surface area contributed by atoms with E-state index < -0.39 is 0 Å². The predicted octanol–water partition coefficient (Wildman–Crippen LogP) is 3.24. The third kappa shape index (κ3) is 5.53. The lowest BCUT2D eigenvalue weighted by Gasteiger charge is -1.95. The zero-order valence-electron chi connectivity index (χ0n) is 9.74. The lowest BCUT2D eigenvalue weighted by molar-refractivity contribution is 0.112. The Balaban J connectivity index is 0. The van der Waals surface area contributed by atoms with Gasteiger partial charge in [0.2, 0.25) is 0 Å². The fourth-order valence-electron chi connectivity index (χ4n) is 0.739. The smallest absolute Gasteiger partial charge is 0.153 e. The predicted molar refractivity (Wildman–Crippen MR) is 64.1 cm³/mol. The number of carbonyl (C=O) groups excluding carboxylic acids is 1. The molecule has 0 spiro atoms. The highest BCUT2D eigenvalue weighted by atomic mass is 16.3. The third-order valence-corrected chi connectivity index (χ3v) is 1.32. The largest absolute Gasteiger partial charge is 0.507 e. The van der Waals surface area contributed by atoms with Crippen LogP contribution in [0.15, 0.2) is 18.2 Å². The highest BCUT2D eigenvalue weighted by Gasteiger charge is 1.98. The van der Waals surface area contributed by atoms with Crippen molar-refractivity contribution in [3.8, 4) is 18.1 Å². The molecule has 1 aromatic carbocycles. The van der Waals surface area contributed by atoms with Crippen LogP contribution in [0.1, 0.15) is 43.6 Å². The Labute approximate surface area is 92.0 Å². The molecular formula is C13H18O2. The third-order valence-electron chi connectivity index (χ3n) is 1.32. The lowest BCUT2D eigenvalue weighted by atomic mass is 10.1. The Morgan fingerprint density at radius 2 is 1.80 bits per heavy atom. The summed E-state index contributed by atoms with van der Waals surface area (Å²) in [6.45, 7) is 8.00. The van der Waals surface area contributed by atoms with Crippen LogP contribution in [0.2, 0.25) is 0 Å². The molecule has 0 saturated heterocycles. The molecule has 0 heterocycles. The van der Waals surface area contributed by atoms with Crippen molar-refractivity contribution < 1.29 is 9.90 Å². The van der Waals surface area contributed by atoms with E-state index >= 15 is 0 Å². The molecule has 0 aliphatic rings. The minimum atomic E-state index is -0.0426. The van der Waals surface area contributed by atoms with Crippen LogP contribution in [0.3, 0.4) is 0 Å². The quantitative estimate of drug-likeness (QED) is 0.565. The fraction of sp³-hybridized carbons (Fsp3) is 0.308. The zero-order valence-corrected chi connectivity index (χ0v) is 9.74. The number of benzene rings is 1. The second-order valence-corrected chi connectivity index (χ2v) is 2.04. The Morgan fingerprint density at radius 1 is 1.27 bits per heavy atom. The van der Waals surface area contributed by atoms with Gasteiger partial charge in [0.05, 0.1) is 5.56 Å². The van der Waals surface area contributed by atoms with Gasteiger partial charge in [-0.1, -0.05) is 33.6 Å². The van der Waals surface area contributed by atoms with Crippen molar-refractivity contribution in [1.29, 1.82) is 0 Å². The first-order chi connectivity index (χ1) is 7.27. The van der Waals surface area contributed by atoms with Crippen LogP contribution in [0.25, 0.3) is 0 Å². The highest BCUT2D eigenvalue weighted by Crippen LogP contribution is 2.15. The van der Waals surface area contributed by atoms with Crippen molar-refractivity contribution in [2.75, 3.05) is 0 Å². The van der Waals surface area contributed by atoms with Crippen molar-refractivity contribution in [3.63, 3.8) is 0 Å². The molecule has 0 amide bonds. The zero-order chi connectivity index (χ0) is 12.3. The molecule has 0 fully saturated rings. The second-order valence-electron chi connectivity index (χ2n) is 2.04.